The fourth-order valence-corrected chi connectivity index (χ4v) is 3.69. The van der Waals surface area contributed by atoms with Crippen molar-refractivity contribution in [3.8, 4) is 11.3 Å². The molecular formula is C21H23FN2S. The van der Waals surface area contributed by atoms with E-state index in [0.717, 1.165) is 34.7 Å². The molecule has 1 heterocycles. The third kappa shape index (κ3) is 4.45. The summed E-state index contributed by atoms with van der Waals surface area (Å²) in [5, 5.41) is 2.12. The zero-order chi connectivity index (χ0) is 17.6. The Kier molecular flexibility index (Phi) is 5.82. The predicted octanol–water partition coefficient (Wildman–Crippen LogP) is 6.09. The lowest BCUT2D eigenvalue weighted by Gasteiger charge is -2.09. The fourth-order valence-electron chi connectivity index (χ4n) is 2.74. The number of halogens is 1. The van der Waals surface area contributed by atoms with Crippen LogP contribution in [-0.2, 0) is 6.54 Å². The summed E-state index contributed by atoms with van der Waals surface area (Å²) >= 11 is 1.63. The number of nitrogens with zero attached hydrogens (tertiary/aromatic N) is 2. The lowest BCUT2D eigenvalue weighted by atomic mass is 10.1. The Labute approximate surface area is 152 Å². The van der Waals surface area contributed by atoms with Gasteiger partial charge in [0.05, 0.1) is 11.4 Å². The van der Waals surface area contributed by atoms with Crippen LogP contribution in [0.25, 0.3) is 11.3 Å². The van der Waals surface area contributed by atoms with E-state index in [0.29, 0.717) is 0 Å². The molecule has 0 N–H and O–H groups in total. The Morgan fingerprint density at radius 1 is 1.00 bits per heavy atom. The molecule has 0 aliphatic heterocycles. The fraction of sp³-hybridized carbons (Fsp3) is 0.286. The lowest BCUT2D eigenvalue weighted by molar-refractivity contribution is 0.596. The number of aromatic nitrogens is 1. The van der Waals surface area contributed by atoms with Crippen LogP contribution < -0.4 is 4.80 Å². The number of aryl methyl sites for hydroxylation is 1. The maximum absolute atomic E-state index is 13.3. The quantitative estimate of drug-likeness (QED) is 0.477. The van der Waals surface area contributed by atoms with E-state index in [1.54, 1.807) is 11.3 Å². The van der Waals surface area contributed by atoms with Crippen LogP contribution in [0.5, 0.6) is 0 Å². The monoisotopic (exact) mass is 354 g/mol. The Morgan fingerprint density at radius 3 is 2.40 bits per heavy atom. The number of thiazole rings is 1. The summed E-state index contributed by atoms with van der Waals surface area (Å²) in [6, 6.07) is 14.9. The minimum atomic E-state index is -0.207. The van der Waals surface area contributed by atoms with E-state index < -0.39 is 0 Å². The van der Waals surface area contributed by atoms with Gasteiger partial charge in [-0.1, -0.05) is 37.5 Å². The molecule has 4 heteroatoms. The van der Waals surface area contributed by atoms with E-state index in [2.05, 4.69) is 35.9 Å². The molecule has 0 fully saturated rings. The van der Waals surface area contributed by atoms with Crippen LogP contribution in [0.1, 0.15) is 31.7 Å². The molecule has 0 spiro atoms. The van der Waals surface area contributed by atoms with Gasteiger partial charge in [0, 0.05) is 11.9 Å². The van der Waals surface area contributed by atoms with Gasteiger partial charge in [0.2, 0.25) is 0 Å². The molecular weight excluding hydrogens is 331 g/mol. The average molecular weight is 354 g/mol. The van der Waals surface area contributed by atoms with Gasteiger partial charge in [0.15, 0.2) is 4.80 Å². The predicted molar refractivity (Wildman–Crippen MR) is 104 cm³/mol. The number of rotatable bonds is 6. The molecule has 2 nitrogen and oxygen atoms in total. The molecule has 0 amide bonds. The first-order chi connectivity index (χ1) is 12.2. The van der Waals surface area contributed by atoms with Gasteiger partial charge in [-0.05, 0) is 55.3 Å². The van der Waals surface area contributed by atoms with Crippen LogP contribution in [0, 0.1) is 12.7 Å². The SMILES string of the molecule is CCCCCn1c(-c2ccc(F)cc2)csc1=Nc1ccc(C)cc1. The lowest BCUT2D eigenvalue weighted by Crippen LogP contribution is -2.16. The molecule has 3 aromatic rings. The number of hydrogen-bond acceptors (Lipinski definition) is 2. The normalized spacial score (nSPS) is 11.9. The minimum absolute atomic E-state index is 0.207. The second-order valence-corrected chi connectivity index (χ2v) is 7.05. The molecule has 0 saturated heterocycles. The van der Waals surface area contributed by atoms with E-state index in [1.165, 1.54) is 30.5 Å². The zero-order valence-electron chi connectivity index (χ0n) is 14.7. The molecule has 0 unspecified atom stereocenters. The Hall–Kier alpha value is -2.20. The molecule has 0 atom stereocenters. The van der Waals surface area contributed by atoms with E-state index in [-0.39, 0.29) is 5.82 Å². The van der Waals surface area contributed by atoms with E-state index >= 15 is 0 Å². The summed E-state index contributed by atoms with van der Waals surface area (Å²) in [6.45, 7) is 5.21. The van der Waals surface area contributed by atoms with E-state index in [4.69, 9.17) is 4.99 Å². The van der Waals surface area contributed by atoms with Crippen LogP contribution >= 0.6 is 11.3 Å². The Morgan fingerprint density at radius 2 is 1.72 bits per heavy atom. The van der Waals surface area contributed by atoms with Crippen LogP contribution in [0.4, 0.5) is 10.1 Å². The molecule has 0 saturated carbocycles. The van der Waals surface area contributed by atoms with Crippen LogP contribution in [0.2, 0.25) is 0 Å². The smallest absolute Gasteiger partial charge is 0.190 e. The largest absolute Gasteiger partial charge is 0.316 e. The van der Waals surface area contributed by atoms with Gasteiger partial charge in [0.1, 0.15) is 5.82 Å². The summed E-state index contributed by atoms with van der Waals surface area (Å²) in [7, 11) is 0. The summed E-state index contributed by atoms with van der Waals surface area (Å²) in [6.07, 6.45) is 3.49. The van der Waals surface area contributed by atoms with Gasteiger partial charge in [-0.15, -0.1) is 11.3 Å². The highest BCUT2D eigenvalue weighted by atomic mass is 32.1. The standard InChI is InChI=1S/C21H23FN2S/c1-3-4-5-14-24-20(17-8-10-18(22)11-9-17)15-25-21(24)23-19-12-6-16(2)7-13-19/h6-13,15H,3-5,14H2,1-2H3. The molecule has 0 radical (unpaired) electrons. The maximum Gasteiger partial charge on any atom is 0.190 e. The van der Waals surface area contributed by atoms with Crippen molar-refractivity contribution in [1.82, 2.24) is 4.57 Å². The second-order valence-electron chi connectivity index (χ2n) is 6.22. The Balaban J connectivity index is 2.02. The second kappa shape index (κ2) is 8.26. The summed E-state index contributed by atoms with van der Waals surface area (Å²) in [4.78, 5) is 5.82. The van der Waals surface area contributed by atoms with Gasteiger partial charge in [0.25, 0.3) is 0 Å². The minimum Gasteiger partial charge on any atom is -0.316 e. The Bertz CT molecular complexity index is 874. The molecule has 0 aliphatic rings. The van der Waals surface area contributed by atoms with Crippen LogP contribution in [-0.4, -0.2) is 4.57 Å². The first-order valence-corrected chi connectivity index (χ1v) is 9.61. The molecule has 3 rings (SSSR count). The molecule has 130 valence electrons. The highest BCUT2D eigenvalue weighted by molar-refractivity contribution is 7.07. The first-order valence-electron chi connectivity index (χ1n) is 8.73. The van der Waals surface area contributed by atoms with Crippen LogP contribution in [0.15, 0.2) is 58.9 Å². The van der Waals surface area contributed by atoms with E-state index in [9.17, 15) is 4.39 Å². The van der Waals surface area contributed by atoms with Crippen molar-refractivity contribution in [3.63, 3.8) is 0 Å². The van der Waals surface area contributed by atoms with Gasteiger partial charge in [-0.2, -0.15) is 0 Å². The number of benzene rings is 2. The highest BCUT2D eigenvalue weighted by Gasteiger charge is 2.08. The third-order valence-corrected chi connectivity index (χ3v) is 5.05. The summed E-state index contributed by atoms with van der Waals surface area (Å²) < 4.78 is 15.5. The summed E-state index contributed by atoms with van der Waals surface area (Å²) in [5.41, 5.74) is 4.32. The van der Waals surface area contributed by atoms with Crippen molar-refractivity contribution < 1.29 is 4.39 Å². The molecule has 25 heavy (non-hydrogen) atoms. The van der Waals surface area contributed by atoms with Crippen molar-refractivity contribution in [3.05, 3.63) is 70.1 Å². The van der Waals surface area contributed by atoms with Gasteiger partial charge < -0.3 is 4.57 Å². The van der Waals surface area contributed by atoms with Crippen molar-refractivity contribution in [1.29, 1.82) is 0 Å². The zero-order valence-corrected chi connectivity index (χ0v) is 15.5. The van der Waals surface area contributed by atoms with Crippen molar-refractivity contribution in [2.75, 3.05) is 0 Å². The topological polar surface area (TPSA) is 17.3 Å². The van der Waals surface area contributed by atoms with Crippen LogP contribution in [0.3, 0.4) is 0 Å². The summed E-state index contributed by atoms with van der Waals surface area (Å²) in [5.74, 6) is -0.207. The van der Waals surface area contributed by atoms with Gasteiger partial charge in [-0.25, -0.2) is 9.38 Å². The average Bonchev–Trinajstić information content (AvgIpc) is 3.01. The molecule has 0 bridgehead atoms. The molecule has 2 aromatic carbocycles. The van der Waals surface area contributed by atoms with Gasteiger partial charge in [-0.3, -0.25) is 0 Å². The van der Waals surface area contributed by atoms with Gasteiger partial charge >= 0.3 is 0 Å². The molecule has 0 aliphatic carbocycles. The van der Waals surface area contributed by atoms with Crippen molar-refractivity contribution in [2.45, 2.75) is 39.7 Å². The van der Waals surface area contributed by atoms with Crippen molar-refractivity contribution in [2.24, 2.45) is 4.99 Å². The van der Waals surface area contributed by atoms with E-state index in [1.807, 2.05) is 24.3 Å². The number of hydrogen-bond donors (Lipinski definition) is 0. The maximum atomic E-state index is 13.3. The third-order valence-electron chi connectivity index (χ3n) is 4.18. The first kappa shape index (κ1) is 17.6. The van der Waals surface area contributed by atoms with Crippen molar-refractivity contribution >= 4 is 17.0 Å². The molecule has 1 aromatic heterocycles. The number of unbranched alkanes of at least 4 members (excludes halogenated alkanes) is 2. The highest BCUT2D eigenvalue weighted by Crippen LogP contribution is 2.22.